The Hall–Kier alpha value is -4.78. The van der Waals surface area contributed by atoms with Gasteiger partial charge in [0.15, 0.2) is 6.29 Å². The lowest BCUT2D eigenvalue weighted by Crippen LogP contribution is -2.60. The number of rotatable bonds is 13. The molecule has 2 aliphatic heterocycles. The molecule has 12 heteroatoms. The van der Waals surface area contributed by atoms with Crippen LogP contribution < -0.4 is 25.0 Å². The fraction of sp³-hybridized carbons (Fsp3) is 0.450. The predicted octanol–water partition coefficient (Wildman–Crippen LogP) is 5.59. The summed E-state index contributed by atoms with van der Waals surface area (Å²) in [5, 5.41) is 6.35. The Morgan fingerprint density at radius 3 is 2.54 bits per heavy atom. The first-order valence-electron chi connectivity index (χ1n) is 18.3. The number of carbonyl (C=O) groups excluding carboxylic acids is 3. The van der Waals surface area contributed by atoms with E-state index in [1.54, 1.807) is 31.3 Å². The van der Waals surface area contributed by atoms with Crippen molar-refractivity contribution in [2.45, 2.75) is 57.6 Å². The van der Waals surface area contributed by atoms with Crippen molar-refractivity contribution >= 4 is 40.5 Å². The highest BCUT2D eigenvalue weighted by atomic mass is 16.5. The highest BCUT2D eigenvalue weighted by Crippen LogP contribution is 2.36. The molecule has 3 heterocycles. The Morgan fingerprint density at radius 1 is 1.06 bits per heavy atom. The summed E-state index contributed by atoms with van der Waals surface area (Å²) in [7, 11) is 5.27. The fourth-order valence-electron chi connectivity index (χ4n) is 7.16. The molecule has 0 bridgehead atoms. The number of aromatic amines is 1. The number of ether oxygens (including phenoxy) is 2. The third-order valence-corrected chi connectivity index (χ3v) is 10.4. The van der Waals surface area contributed by atoms with E-state index in [1.807, 2.05) is 37.3 Å². The quantitative estimate of drug-likeness (QED) is 0.152. The number of hydrogen-bond donors (Lipinski definition) is 3. The molecule has 2 fully saturated rings. The van der Waals surface area contributed by atoms with Crippen LogP contribution in [0.5, 0.6) is 11.5 Å². The van der Waals surface area contributed by atoms with Crippen molar-refractivity contribution in [1.29, 1.82) is 0 Å². The van der Waals surface area contributed by atoms with Crippen LogP contribution in [0.2, 0.25) is 0 Å². The number of methoxy groups -OCH3 is 1. The summed E-state index contributed by atoms with van der Waals surface area (Å²) in [5.41, 5.74) is 3.01. The van der Waals surface area contributed by atoms with Crippen LogP contribution in [0.3, 0.4) is 0 Å². The van der Waals surface area contributed by atoms with Crippen LogP contribution in [0.15, 0.2) is 54.6 Å². The molecule has 1 atom stereocenters. The number of benzene rings is 3. The molecule has 52 heavy (non-hydrogen) atoms. The number of imidazole rings is 1. The zero-order valence-corrected chi connectivity index (χ0v) is 31.0. The van der Waals surface area contributed by atoms with Gasteiger partial charge in [-0.2, -0.15) is 0 Å². The van der Waals surface area contributed by atoms with Gasteiger partial charge in [0.25, 0.3) is 11.8 Å². The normalized spacial score (nSPS) is 17.0. The van der Waals surface area contributed by atoms with Crippen molar-refractivity contribution in [2.24, 2.45) is 0 Å². The van der Waals surface area contributed by atoms with E-state index in [9.17, 15) is 14.4 Å². The number of H-pyrrole nitrogens is 1. The predicted molar refractivity (Wildman–Crippen MR) is 204 cm³/mol. The van der Waals surface area contributed by atoms with E-state index in [2.05, 4.69) is 39.4 Å². The number of nitrogens with zero attached hydrogens (tertiary/aromatic N) is 4. The number of hydrogen-bond acceptors (Lipinski definition) is 9. The largest absolute Gasteiger partial charge is 0.495 e. The smallest absolute Gasteiger partial charge is 0.258 e. The highest BCUT2D eigenvalue weighted by Gasteiger charge is 2.41. The minimum atomic E-state index is -1.15. The van der Waals surface area contributed by atoms with Crippen molar-refractivity contribution in [1.82, 2.24) is 25.1 Å². The van der Waals surface area contributed by atoms with E-state index in [-0.39, 0.29) is 11.8 Å². The Bertz CT molecular complexity index is 1900. The van der Waals surface area contributed by atoms with Crippen molar-refractivity contribution in [3.63, 3.8) is 0 Å². The Labute approximate surface area is 305 Å². The van der Waals surface area contributed by atoms with Crippen molar-refractivity contribution in [2.75, 3.05) is 70.7 Å². The molecule has 2 aliphatic rings. The number of unbranched alkanes of at least 4 members (excludes halogenated alkanes) is 1. The maximum absolute atomic E-state index is 14.1. The number of likely N-dealkylation sites (N-methyl/N-ethyl adjacent to an activating group) is 1. The van der Waals surface area contributed by atoms with Gasteiger partial charge in [0.05, 0.1) is 29.6 Å². The molecule has 0 aliphatic carbocycles. The van der Waals surface area contributed by atoms with E-state index in [4.69, 9.17) is 14.5 Å². The van der Waals surface area contributed by atoms with E-state index < -0.39 is 5.72 Å². The number of fused-ring (bicyclic) bond motifs is 1. The maximum Gasteiger partial charge on any atom is 0.258 e. The number of carbonyl (C=O) groups is 3. The lowest BCUT2D eigenvalue weighted by atomic mass is 9.98. The van der Waals surface area contributed by atoms with Crippen LogP contribution in [-0.2, 0) is 4.79 Å². The van der Waals surface area contributed by atoms with Gasteiger partial charge in [0, 0.05) is 51.1 Å². The summed E-state index contributed by atoms with van der Waals surface area (Å²) in [4.78, 5) is 54.8. The van der Waals surface area contributed by atoms with E-state index in [0.29, 0.717) is 64.9 Å². The van der Waals surface area contributed by atoms with Crippen molar-refractivity contribution in [3.05, 3.63) is 77.1 Å². The first kappa shape index (κ1) is 37.0. The van der Waals surface area contributed by atoms with Crippen LogP contribution in [-0.4, -0.2) is 104 Å². The van der Waals surface area contributed by atoms with Crippen LogP contribution in [0, 0.1) is 6.92 Å². The third kappa shape index (κ3) is 7.84. The number of aromatic nitrogens is 2. The monoisotopic (exact) mass is 709 g/mol. The van der Waals surface area contributed by atoms with E-state index >= 15 is 0 Å². The number of aldehydes is 1. The summed E-state index contributed by atoms with van der Waals surface area (Å²) in [6, 6.07) is 16.1. The van der Waals surface area contributed by atoms with Crippen molar-refractivity contribution < 1.29 is 23.9 Å². The first-order valence-corrected chi connectivity index (χ1v) is 18.3. The minimum absolute atomic E-state index is 0.304. The highest BCUT2D eigenvalue weighted by molar-refractivity contribution is 6.12. The van der Waals surface area contributed by atoms with E-state index in [1.165, 1.54) is 12.0 Å². The maximum atomic E-state index is 14.1. The molecule has 276 valence electrons. The third-order valence-electron chi connectivity index (χ3n) is 10.4. The van der Waals surface area contributed by atoms with Crippen LogP contribution in [0.1, 0.15) is 77.0 Å². The summed E-state index contributed by atoms with van der Waals surface area (Å²) in [5.74, 6) is 1.40. The molecule has 0 radical (unpaired) electrons. The fourth-order valence-corrected chi connectivity index (χ4v) is 7.16. The Morgan fingerprint density at radius 2 is 1.83 bits per heavy atom. The van der Waals surface area contributed by atoms with Gasteiger partial charge in [-0.3, -0.25) is 19.3 Å². The van der Waals surface area contributed by atoms with Gasteiger partial charge in [-0.25, -0.2) is 4.98 Å². The molecular weight excluding hydrogens is 658 g/mol. The second-order valence-electron chi connectivity index (χ2n) is 14.0. The standard InChI is InChI=1S/C40H51N7O5/c1-6-7-17-40(26-48,47-22-20-45(3)21-23-47)52-35-24-27(2)11-14-33(35)46(4)39(50)29-12-13-31(34(25-29)51-5)43-38(49)30-9-8-10-32-36(30)44-37(42-32)28-15-18-41-19-16-28/h8-14,24-26,28,41H,6-7,15-23H2,1-5H3,(H,42,44)(H,43,49). The molecule has 1 aromatic heterocycles. The zero-order chi connectivity index (χ0) is 36.8. The molecular formula is C40H51N7O5. The number of piperidine rings is 1. The average Bonchev–Trinajstić information content (AvgIpc) is 3.62. The number of aryl methyl sites for hydroxylation is 1. The molecule has 6 rings (SSSR count). The van der Waals surface area contributed by atoms with Gasteiger partial charge in [-0.1, -0.05) is 25.5 Å². The molecule has 3 N–H and O–H groups in total. The Balaban J connectivity index is 1.23. The summed E-state index contributed by atoms with van der Waals surface area (Å²) in [6.45, 7) is 9.02. The summed E-state index contributed by atoms with van der Waals surface area (Å²) < 4.78 is 12.4. The lowest BCUT2D eigenvalue weighted by molar-refractivity contribution is -0.146. The second kappa shape index (κ2) is 16.3. The van der Waals surface area contributed by atoms with Gasteiger partial charge in [0.1, 0.15) is 22.8 Å². The molecule has 2 saturated heterocycles. The van der Waals surface area contributed by atoms with Gasteiger partial charge >= 0.3 is 0 Å². The van der Waals surface area contributed by atoms with E-state index in [0.717, 1.165) is 75.1 Å². The molecule has 1 unspecified atom stereocenters. The van der Waals surface area contributed by atoms with Crippen LogP contribution in [0.25, 0.3) is 11.0 Å². The topological polar surface area (TPSA) is 132 Å². The molecule has 4 aromatic rings. The molecule has 2 amide bonds. The molecule has 0 spiro atoms. The molecule has 3 aromatic carbocycles. The molecule has 12 nitrogen and oxygen atoms in total. The van der Waals surface area contributed by atoms with Gasteiger partial charge in [-0.05, 0) is 94.4 Å². The van der Waals surface area contributed by atoms with Crippen LogP contribution in [0.4, 0.5) is 11.4 Å². The number of amides is 2. The van der Waals surface area contributed by atoms with Crippen molar-refractivity contribution in [3.8, 4) is 11.5 Å². The van der Waals surface area contributed by atoms with Crippen LogP contribution >= 0.6 is 0 Å². The Kier molecular flexibility index (Phi) is 11.6. The number of nitrogens with one attached hydrogen (secondary N) is 3. The number of anilines is 2. The summed E-state index contributed by atoms with van der Waals surface area (Å²) in [6.07, 6.45) is 5.19. The van der Waals surface area contributed by atoms with Gasteiger partial charge in [0.2, 0.25) is 5.72 Å². The number of piperazine rings is 1. The lowest BCUT2D eigenvalue weighted by Gasteiger charge is -2.44. The molecule has 0 saturated carbocycles. The van der Waals surface area contributed by atoms with Gasteiger partial charge in [-0.15, -0.1) is 0 Å². The minimum Gasteiger partial charge on any atom is -0.495 e. The second-order valence-corrected chi connectivity index (χ2v) is 14.0. The summed E-state index contributed by atoms with van der Waals surface area (Å²) >= 11 is 0. The van der Waals surface area contributed by atoms with Gasteiger partial charge < -0.3 is 34.9 Å². The SMILES string of the molecule is CCCCC(C=O)(Oc1cc(C)ccc1N(C)C(=O)c1ccc(NC(=O)c2cccc3[nH]c(C4CCNCC4)nc23)c(OC)c1)N1CCN(C)CC1. The first-order chi connectivity index (χ1) is 25.2. The zero-order valence-electron chi connectivity index (χ0n) is 31.0. The number of para-hydroxylation sites is 1. The average molecular weight is 710 g/mol.